The zero-order valence-corrected chi connectivity index (χ0v) is 8.43. The minimum absolute atomic E-state index is 0.211. The van der Waals surface area contributed by atoms with Crippen molar-refractivity contribution >= 4 is 17.5 Å². The van der Waals surface area contributed by atoms with Crippen molar-refractivity contribution in [2.24, 2.45) is 5.92 Å². The highest BCUT2D eigenvalue weighted by Crippen LogP contribution is 2.41. The van der Waals surface area contributed by atoms with E-state index in [4.69, 9.17) is 0 Å². The maximum absolute atomic E-state index is 11.3. The highest BCUT2D eigenvalue weighted by Gasteiger charge is 2.45. The van der Waals surface area contributed by atoms with Gasteiger partial charge in [-0.1, -0.05) is 0 Å². The van der Waals surface area contributed by atoms with E-state index in [1.807, 2.05) is 11.8 Å². The van der Waals surface area contributed by atoms with Crippen LogP contribution in [0.25, 0.3) is 0 Å². The monoisotopic (exact) mass is 185 g/mol. The van der Waals surface area contributed by atoms with Gasteiger partial charge in [0.1, 0.15) is 5.78 Å². The summed E-state index contributed by atoms with van der Waals surface area (Å²) in [5.74, 6) is 2.39. The molecule has 0 aromatic carbocycles. The molecule has 2 nitrogen and oxygen atoms in total. The Kier molecular flexibility index (Phi) is 2.17. The van der Waals surface area contributed by atoms with Gasteiger partial charge in [-0.05, 0) is 32.1 Å². The molecule has 0 aliphatic carbocycles. The molecule has 0 radical (unpaired) electrons. The number of carbonyl (C=O) groups is 1. The molecule has 0 saturated carbocycles. The molecule has 3 unspecified atom stereocenters. The molecule has 68 valence electrons. The van der Waals surface area contributed by atoms with Crippen LogP contribution < -0.4 is 0 Å². The molecule has 0 spiro atoms. The highest BCUT2D eigenvalue weighted by atomic mass is 32.2. The van der Waals surface area contributed by atoms with E-state index in [0.717, 1.165) is 12.5 Å². The van der Waals surface area contributed by atoms with Gasteiger partial charge in [-0.25, -0.2) is 0 Å². The minimum atomic E-state index is 0.211. The average molecular weight is 185 g/mol. The fourth-order valence-electron chi connectivity index (χ4n) is 2.48. The van der Waals surface area contributed by atoms with Crippen molar-refractivity contribution in [2.45, 2.75) is 24.6 Å². The number of nitrogens with zero attached hydrogens (tertiary/aromatic N) is 1. The Morgan fingerprint density at radius 2 is 2.33 bits per heavy atom. The Morgan fingerprint density at radius 1 is 1.58 bits per heavy atom. The molecule has 0 aromatic heterocycles. The summed E-state index contributed by atoms with van der Waals surface area (Å²) < 4.78 is 0. The quantitative estimate of drug-likeness (QED) is 0.608. The largest absolute Gasteiger partial charge is 0.298 e. The summed E-state index contributed by atoms with van der Waals surface area (Å²) >= 11 is 1.99. The van der Waals surface area contributed by atoms with E-state index >= 15 is 0 Å². The number of likely N-dealkylation sites (N-methyl/N-ethyl adjacent to an activating group) is 1. The van der Waals surface area contributed by atoms with Gasteiger partial charge in [0, 0.05) is 11.8 Å². The van der Waals surface area contributed by atoms with Gasteiger partial charge in [-0.3, -0.25) is 9.69 Å². The lowest BCUT2D eigenvalue weighted by atomic mass is 10.0. The smallest absolute Gasteiger partial charge is 0.148 e. The van der Waals surface area contributed by atoms with Crippen molar-refractivity contribution in [3.63, 3.8) is 0 Å². The van der Waals surface area contributed by atoms with E-state index < -0.39 is 0 Å². The van der Waals surface area contributed by atoms with Gasteiger partial charge >= 0.3 is 0 Å². The Hall–Kier alpha value is -0.0200. The standard InChI is InChI=1S/C9H15NOS/c1-6(11)8-9-7(3-4-12-9)5-10(8)2/h7-9H,3-5H2,1-2H3. The van der Waals surface area contributed by atoms with Crippen LogP contribution >= 0.6 is 11.8 Å². The molecule has 0 N–H and O–H groups in total. The van der Waals surface area contributed by atoms with Gasteiger partial charge < -0.3 is 0 Å². The Bertz CT molecular complexity index is 207. The molecule has 2 aliphatic heterocycles. The second-order valence-electron chi connectivity index (χ2n) is 3.88. The number of likely N-dealkylation sites (tertiary alicyclic amines) is 1. The van der Waals surface area contributed by atoms with Crippen LogP contribution in [0.1, 0.15) is 13.3 Å². The van der Waals surface area contributed by atoms with E-state index in [-0.39, 0.29) is 6.04 Å². The van der Waals surface area contributed by atoms with Gasteiger partial charge in [-0.15, -0.1) is 0 Å². The van der Waals surface area contributed by atoms with Gasteiger partial charge in [0.25, 0.3) is 0 Å². The van der Waals surface area contributed by atoms with Gasteiger partial charge in [-0.2, -0.15) is 11.8 Å². The van der Waals surface area contributed by atoms with Crippen molar-refractivity contribution in [1.29, 1.82) is 0 Å². The third-order valence-corrected chi connectivity index (χ3v) is 4.49. The maximum atomic E-state index is 11.3. The molecule has 3 heteroatoms. The first kappa shape index (κ1) is 8.57. The van der Waals surface area contributed by atoms with E-state index in [1.54, 1.807) is 6.92 Å². The fourth-order valence-corrected chi connectivity index (χ4v) is 4.26. The molecule has 12 heavy (non-hydrogen) atoms. The summed E-state index contributed by atoms with van der Waals surface area (Å²) in [6, 6.07) is 0.211. The zero-order valence-electron chi connectivity index (χ0n) is 7.62. The molecule has 0 aromatic rings. The topological polar surface area (TPSA) is 20.3 Å². The van der Waals surface area contributed by atoms with Crippen molar-refractivity contribution < 1.29 is 4.79 Å². The van der Waals surface area contributed by atoms with Crippen LogP contribution in [0.2, 0.25) is 0 Å². The number of hydrogen-bond acceptors (Lipinski definition) is 3. The number of carbonyl (C=O) groups excluding carboxylic acids is 1. The van der Waals surface area contributed by atoms with Crippen LogP contribution in [0.3, 0.4) is 0 Å². The van der Waals surface area contributed by atoms with Gasteiger partial charge in [0.15, 0.2) is 0 Å². The highest BCUT2D eigenvalue weighted by molar-refractivity contribution is 8.00. The molecule has 3 atom stereocenters. The lowest BCUT2D eigenvalue weighted by Crippen LogP contribution is -2.36. The van der Waals surface area contributed by atoms with E-state index in [9.17, 15) is 4.79 Å². The number of thioether (sulfide) groups is 1. The number of hydrogen-bond donors (Lipinski definition) is 0. The molecule has 2 rings (SSSR count). The summed E-state index contributed by atoms with van der Waals surface area (Å²) in [7, 11) is 2.07. The Morgan fingerprint density at radius 3 is 3.00 bits per heavy atom. The van der Waals surface area contributed by atoms with E-state index in [1.165, 1.54) is 12.2 Å². The number of rotatable bonds is 1. The van der Waals surface area contributed by atoms with Crippen LogP contribution in [0.4, 0.5) is 0 Å². The molecule has 2 aliphatic rings. The predicted molar refractivity (Wildman–Crippen MR) is 51.5 cm³/mol. The summed E-state index contributed by atoms with van der Waals surface area (Å²) in [6.07, 6.45) is 1.31. The van der Waals surface area contributed by atoms with Crippen LogP contribution in [-0.2, 0) is 4.79 Å². The Balaban J connectivity index is 2.15. The van der Waals surface area contributed by atoms with Crippen molar-refractivity contribution in [1.82, 2.24) is 4.90 Å². The summed E-state index contributed by atoms with van der Waals surface area (Å²) in [4.78, 5) is 13.6. The van der Waals surface area contributed by atoms with Crippen molar-refractivity contribution in [3.05, 3.63) is 0 Å². The van der Waals surface area contributed by atoms with Gasteiger partial charge in [0.2, 0.25) is 0 Å². The second-order valence-corrected chi connectivity index (χ2v) is 5.17. The predicted octanol–water partition coefficient (Wildman–Crippen LogP) is 1.01. The molecule has 0 bridgehead atoms. The van der Waals surface area contributed by atoms with Crippen molar-refractivity contribution in [3.8, 4) is 0 Å². The zero-order chi connectivity index (χ0) is 8.72. The van der Waals surface area contributed by atoms with E-state index in [0.29, 0.717) is 11.0 Å². The third-order valence-electron chi connectivity index (χ3n) is 2.99. The Labute approximate surface area is 77.7 Å². The first-order chi connectivity index (χ1) is 5.70. The van der Waals surface area contributed by atoms with Crippen LogP contribution in [0, 0.1) is 5.92 Å². The SMILES string of the molecule is CC(=O)C1C2SCCC2CN1C. The first-order valence-corrected chi connectivity index (χ1v) is 5.57. The number of ketones is 1. The second kappa shape index (κ2) is 3.04. The average Bonchev–Trinajstić information content (AvgIpc) is 2.44. The molecule has 0 amide bonds. The van der Waals surface area contributed by atoms with Crippen molar-refractivity contribution in [2.75, 3.05) is 19.3 Å². The van der Waals surface area contributed by atoms with Crippen LogP contribution in [0.15, 0.2) is 0 Å². The summed E-state index contributed by atoms with van der Waals surface area (Å²) in [6.45, 7) is 2.85. The molecule has 2 fully saturated rings. The molecular weight excluding hydrogens is 170 g/mol. The lowest BCUT2D eigenvalue weighted by molar-refractivity contribution is -0.120. The third kappa shape index (κ3) is 1.19. The molecule has 2 saturated heterocycles. The maximum Gasteiger partial charge on any atom is 0.148 e. The first-order valence-electron chi connectivity index (χ1n) is 4.52. The fraction of sp³-hybridized carbons (Fsp3) is 0.889. The van der Waals surface area contributed by atoms with E-state index in [2.05, 4.69) is 11.9 Å². The minimum Gasteiger partial charge on any atom is -0.298 e. The number of fused-ring (bicyclic) bond motifs is 1. The normalized spacial score (nSPS) is 41.7. The van der Waals surface area contributed by atoms with Crippen LogP contribution in [0.5, 0.6) is 0 Å². The van der Waals surface area contributed by atoms with Gasteiger partial charge in [0.05, 0.1) is 6.04 Å². The summed E-state index contributed by atoms with van der Waals surface area (Å²) in [5, 5.41) is 0.604. The molecule has 2 heterocycles. The summed E-state index contributed by atoms with van der Waals surface area (Å²) in [5.41, 5.74) is 0. The van der Waals surface area contributed by atoms with Crippen LogP contribution in [-0.4, -0.2) is 41.3 Å². The number of Topliss-reactive ketones (excluding diaryl/α,β-unsaturated/α-hetero) is 1. The molecular formula is C9H15NOS. The lowest BCUT2D eigenvalue weighted by Gasteiger charge is -2.20.